The predicted molar refractivity (Wildman–Crippen MR) is 155 cm³/mol. The highest BCUT2D eigenvalue weighted by molar-refractivity contribution is 9.11. The third-order valence-corrected chi connectivity index (χ3v) is 8.44. The molecule has 8 heteroatoms. The van der Waals surface area contributed by atoms with E-state index in [1.807, 2.05) is 42.5 Å². The van der Waals surface area contributed by atoms with Gasteiger partial charge in [0.15, 0.2) is 0 Å². The van der Waals surface area contributed by atoms with E-state index in [4.69, 9.17) is 9.73 Å². The fourth-order valence-corrected chi connectivity index (χ4v) is 6.93. The summed E-state index contributed by atoms with van der Waals surface area (Å²) in [6.45, 7) is 0.311. The fourth-order valence-electron chi connectivity index (χ4n) is 4.25. The highest BCUT2D eigenvalue weighted by atomic mass is 79.9. The minimum atomic E-state index is -0.276. The van der Waals surface area contributed by atoms with Crippen molar-refractivity contribution < 1.29 is 13.9 Å². The minimum absolute atomic E-state index is 0.121. The van der Waals surface area contributed by atoms with Gasteiger partial charge in [0.25, 0.3) is 5.91 Å². The summed E-state index contributed by atoms with van der Waals surface area (Å²) in [6.07, 6.45) is 5.87. The average Bonchev–Trinajstić information content (AvgIpc) is 3.27. The van der Waals surface area contributed by atoms with Crippen LogP contribution in [-0.4, -0.2) is 12.1 Å². The molecule has 0 unspecified atom stereocenters. The van der Waals surface area contributed by atoms with E-state index in [1.54, 1.807) is 29.7 Å². The average molecular weight is 642 g/mol. The number of benzene rings is 3. The highest BCUT2D eigenvalue weighted by Gasteiger charge is 2.25. The van der Waals surface area contributed by atoms with Gasteiger partial charge in [-0.15, -0.1) is 11.3 Å². The molecule has 0 radical (unpaired) electrons. The first-order chi connectivity index (χ1) is 18.0. The summed E-state index contributed by atoms with van der Waals surface area (Å²) >= 11 is 8.79. The van der Waals surface area contributed by atoms with Crippen LogP contribution < -0.4 is 10.1 Å². The van der Waals surface area contributed by atoms with Crippen molar-refractivity contribution in [1.29, 1.82) is 0 Å². The van der Waals surface area contributed by atoms with Crippen LogP contribution in [-0.2, 0) is 19.4 Å². The van der Waals surface area contributed by atoms with Crippen LogP contribution in [0.1, 0.15) is 44.8 Å². The summed E-state index contributed by atoms with van der Waals surface area (Å²) in [6, 6.07) is 19.6. The first kappa shape index (κ1) is 25.8. The number of rotatable bonds is 7. The normalized spacial score (nSPS) is 12.9. The molecule has 0 bridgehead atoms. The summed E-state index contributed by atoms with van der Waals surface area (Å²) in [4.78, 5) is 19.3. The zero-order chi connectivity index (χ0) is 25.8. The molecular formula is C29H23Br2FN2O2S. The number of aryl methyl sites for hydroxylation is 1. The lowest BCUT2D eigenvalue weighted by atomic mass is 9.95. The van der Waals surface area contributed by atoms with Gasteiger partial charge in [0.1, 0.15) is 23.2 Å². The molecule has 1 heterocycles. The molecule has 0 fully saturated rings. The number of hydrogen-bond acceptors (Lipinski definition) is 4. The zero-order valence-corrected chi connectivity index (χ0v) is 23.8. The highest BCUT2D eigenvalue weighted by Crippen LogP contribution is 2.41. The van der Waals surface area contributed by atoms with Crippen molar-refractivity contribution in [3.8, 4) is 5.75 Å². The molecule has 4 aromatic rings. The number of hydrogen-bond donors (Lipinski definition) is 1. The van der Waals surface area contributed by atoms with E-state index in [1.165, 1.54) is 17.0 Å². The second-order valence-electron chi connectivity index (χ2n) is 8.70. The van der Waals surface area contributed by atoms with E-state index in [9.17, 15) is 9.18 Å². The van der Waals surface area contributed by atoms with Crippen molar-refractivity contribution in [2.75, 3.05) is 5.32 Å². The molecule has 188 valence electrons. The summed E-state index contributed by atoms with van der Waals surface area (Å²) in [5, 5.41) is 3.76. The number of carbonyl (C=O) groups is 1. The number of fused-ring (bicyclic) bond motifs is 1. The van der Waals surface area contributed by atoms with Crippen LogP contribution in [0.2, 0.25) is 0 Å². The Morgan fingerprint density at radius 1 is 1.03 bits per heavy atom. The monoisotopic (exact) mass is 640 g/mol. The molecule has 1 aliphatic carbocycles. The Morgan fingerprint density at radius 2 is 1.73 bits per heavy atom. The van der Waals surface area contributed by atoms with Crippen LogP contribution in [0, 0.1) is 5.82 Å². The SMILES string of the molecule is O=C(Nc1ccccc1)c1c(N=Cc2cc(Br)c(OCc3ccc(F)cc3)c(Br)c2)sc2c1CCCC2. The van der Waals surface area contributed by atoms with Crippen molar-refractivity contribution in [1.82, 2.24) is 0 Å². The first-order valence-corrected chi connectivity index (χ1v) is 14.3. The maximum absolute atomic E-state index is 13.3. The van der Waals surface area contributed by atoms with Gasteiger partial charge in [-0.2, -0.15) is 0 Å². The molecule has 5 rings (SSSR count). The third-order valence-electron chi connectivity index (χ3n) is 6.06. The van der Waals surface area contributed by atoms with E-state index in [0.29, 0.717) is 17.9 Å². The Hall–Kier alpha value is -2.81. The van der Waals surface area contributed by atoms with Gasteiger partial charge < -0.3 is 10.1 Å². The molecule has 37 heavy (non-hydrogen) atoms. The van der Waals surface area contributed by atoms with Crippen molar-refractivity contribution in [3.05, 3.63) is 109 Å². The predicted octanol–water partition coefficient (Wildman–Crippen LogP) is 8.87. The number of aliphatic imine (C=N–C) groups is 1. The standard InChI is InChI=1S/C29H23Br2FN2O2S/c30-23-14-19(15-24(31)27(23)36-17-18-10-12-20(32)13-11-18)16-33-29-26(22-8-4-5-9-25(22)37-29)28(35)34-21-6-2-1-3-7-21/h1-3,6-7,10-16H,4-5,8-9,17H2,(H,34,35). The van der Waals surface area contributed by atoms with Gasteiger partial charge in [0.2, 0.25) is 0 Å². The van der Waals surface area contributed by atoms with Crippen LogP contribution in [0.25, 0.3) is 0 Å². The molecule has 0 saturated heterocycles. The topological polar surface area (TPSA) is 50.7 Å². The number of carbonyl (C=O) groups excluding carboxylic acids is 1. The number of amides is 1. The number of thiophene rings is 1. The number of nitrogens with zero attached hydrogens (tertiary/aromatic N) is 1. The molecule has 0 saturated carbocycles. The lowest BCUT2D eigenvalue weighted by molar-refractivity contribution is 0.102. The van der Waals surface area contributed by atoms with Crippen LogP contribution >= 0.6 is 43.2 Å². The summed E-state index contributed by atoms with van der Waals surface area (Å²) in [5.74, 6) is 0.252. The van der Waals surface area contributed by atoms with Crippen LogP contribution in [0.4, 0.5) is 15.1 Å². The van der Waals surface area contributed by atoms with Crippen molar-refractivity contribution in [3.63, 3.8) is 0 Å². The van der Waals surface area contributed by atoms with Crippen molar-refractivity contribution >= 4 is 66.0 Å². The first-order valence-electron chi connectivity index (χ1n) is 11.9. The van der Waals surface area contributed by atoms with E-state index < -0.39 is 0 Å². The van der Waals surface area contributed by atoms with E-state index in [-0.39, 0.29) is 11.7 Å². The molecule has 1 N–H and O–H groups in total. The number of ether oxygens (including phenoxy) is 1. The summed E-state index contributed by atoms with van der Waals surface area (Å²) < 4.78 is 20.6. The smallest absolute Gasteiger partial charge is 0.259 e. The van der Waals surface area contributed by atoms with E-state index in [0.717, 1.165) is 62.0 Å². The van der Waals surface area contributed by atoms with Crippen LogP contribution in [0.3, 0.4) is 0 Å². The Balaban J connectivity index is 1.38. The lowest BCUT2D eigenvalue weighted by Crippen LogP contribution is -2.14. The number of halogens is 3. The Kier molecular flexibility index (Phi) is 8.17. The van der Waals surface area contributed by atoms with Gasteiger partial charge in [-0.25, -0.2) is 9.38 Å². The molecule has 0 atom stereocenters. The maximum atomic E-state index is 13.3. The Morgan fingerprint density at radius 3 is 2.46 bits per heavy atom. The number of nitrogens with one attached hydrogen (secondary N) is 1. The van der Waals surface area contributed by atoms with Gasteiger partial charge in [-0.1, -0.05) is 30.3 Å². The third kappa shape index (κ3) is 6.20. The molecule has 0 spiro atoms. The molecule has 1 aliphatic rings. The molecule has 1 aromatic heterocycles. The Labute approximate surface area is 235 Å². The van der Waals surface area contributed by atoms with Crippen LogP contribution in [0.15, 0.2) is 80.7 Å². The van der Waals surface area contributed by atoms with Crippen LogP contribution in [0.5, 0.6) is 5.75 Å². The lowest BCUT2D eigenvalue weighted by Gasteiger charge is -2.13. The molecule has 0 aliphatic heterocycles. The van der Waals surface area contributed by atoms with E-state index >= 15 is 0 Å². The van der Waals surface area contributed by atoms with Gasteiger partial charge in [0.05, 0.1) is 14.5 Å². The van der Waals surface area contributed by atoms with Gasteiger partial charge >= 0.3 is 0 Å². The van der Waals surface area contributed by atoms with Gasteiger partial charge in [-0.3, -0.25) is 4.79 Å². The maximum Gasteiger partial charge on any atom is 0.259 e. The van der Waals surface area contributed by atoms with E-state index in [2.05, 4.69) is 37.2 Å². The molecular weight excluding hydrogens is 619 g/mol. The van der Waals surface area contributed by atoms with Crippen molar-refractivity contribution in [2.45, 2.75) is 32.3 Å². The Bertz CT molecular complexity index is 1430. The number of para-hydroxylation sites is 1. The molecule has 3 aromatic carbocycles. The minimum Gasteiger partial charge on any atom is -0.487 e. The number of anilines is 1. The second-order valence-corrected chi connectivity index (χ2v) is 11.5. The summed E-state index contributed by atoms with van der Waals surface area (Å²) in [5.41, 5.74) is 4.30. The molecule has 1 amide bonds. The van der Waals surface area contributed by atoms with Gasteiger partial charge in [0, 0.05) is 16.8 Å². The quantitative estimate of drug-likeness (QED) is 0.205. The summed E-state index contributed by atoms with van der Waals surface area (Å²) in [7, 11) is 0. The fraction of sp³-hybridized carbons (Fsp3) is 0.172. The van der Waals surface area contributed by atoms with Gasteiger partial charge in [-0.05, 0) is 111 Å². The molecule has 4 nitrogen and oxygen atoms in total. The zero-order valence-electron chi connectivity index (χ0n) is 19.8. The largest absolute Gasteiger partial charge is 0.487 e. The second kappa shape index (κ2) is 11.7. The van der Waals surface area contributed by atoms with Crippen molar-refractivity contribution in [2.24, 2.45) is 4.99 Å².